The largest absolute Gasteiger partial charge is 0.377 e. The minimum Gasteiger partial charge on any atom is -0.377 e. The molecule has 0 radical (unpaired) electrons. The first kappa shape index (κ1) is 19.6. The van der Waals surface area contributed by atoms with Crippen LogP contribution in [0.15, 0.2) is 35.2 Å². The quantitative estimate of drug-likeness (QED) is 0.792. The number of hydrogen-bond donors (Lipinski definition) is 1. The molecule has 0 bridgehead atoms. The summed E-state index contributed by atoms with van der Waals surface area (Å²) in [6.07, 6.45) is -0.0425. The van der Waals surface area contributed by atoms with Gasteiger partial charge in [-0.15, -0.1) is 0 Å². The predicted octanol–water partition coefficient (Wildman–Crippen LogP) is 2.28. The Morgan fingerprint density at radius 3 is 2.25 bits per heavy atom. The van der Waals surface area contributed by atoms with Gasteiger partial charge in [0.2, 0.25) is 10.0 Å². The number of nitrogens with zero attached hydrogens (tertiary/aromatic N) is 1. The molecule has 9 heteroatoms. The zero-order valence-electron chi connectivity index (χ0n) is 14.2. The van der Waals surface area contributed by atoms with Crippen LogP contribution in [0.1, 0.15) is 20.3 Å². The molecule has 1 aromatic carbocycles. The Kier molecular flexibility index (Phi) is 5.59. The van der Waals surface area contributed by atoms with E-state index >= 15 is 0 Å². The van der Waals surface area contributed by atoms with Crippen LogP contribution in [0.3, 0.4) is 0 Å². The number of rotatable bonds is 5. The van der Waals surface area contributed by atoms with E-state index in [0.29, 0.717) is 0 Å². The van der Waals surface area contributed by atoms with Crippen molar-refractivity contribution < 1.29 is 27.1 Å². The minimum atomic E-state index is -3.78. The summed E-state index contributed by atoms with van der Waals surface area (Å²) < 4.78 is 49.7. The van der Waals surface area contributed by atoms with Gasteiger partial charge in [0.1, 0.15) is 0 Å². The first-order valence-electron chi connectivity index (χ1n) is 7.63. The number of benzene rings is 1. The fraction of sp³-hybridized carbons (Fsp3) is 0.600. The third kappa shape index (κ3) is 3.07. The lowest BCUT2D eigenvalue weighted by atomic mass is 9.93. The average molecular weight is 377 g/mol. The Bertz CT molecular complexity index is 717. The van der Waals surface area contributed by atoms with Gasteiger partial charge in [0.15, 0.2) is 5.34 Å². The van der Waals surface area contributed by atoms with Crippen molar-refractivity contribution in [1.82, 2.24) is 4.31 Å². The fourth-order valence-corrected chi connectivity index (χ4v) is 6.80. The van der Waals surface area contributed by atoms with Gasteiger partial charge in [-0.3, -0.25) is 4.57 Å². The van der Waals surface area contributed by atoms with E-state index in [1.54, 1.807) is 32.0 Å². The van der Waals surface area contributed by atoms with Crippen molar-refractivity contribution in [2.75, 3.05) is 20.8 Å². The highest BCUT2D eigenvalue weighted by Crippen LogP contribution is 2.64. The van der Waals surface area contributed by atoms with Crippen LogP contribution in [0.2, 0.25) is 0 Å². The number of piperidine rings is 1. The molecule has 24 heavy (non-hydrogen) atoms. The van der Waals surface area contributed by atoms with Crippen molar-refractivity contribution in [2.45, 2.75) is 36.5 Å². The van der Waals surface area contributed by atoms with E-state index < -0.39 is 34.9 Å². The van der Waals surface area contributed by atoms with Gasteiger partial charge in [-0.1, -0.05) is 25.1 Å². The van der Waals surface area contributed by atoms with Crippen molar-refractivity contribution in [3.05, 3.63) is 30.3 Å². The van der Waals surface area contributed by atoms with E-state index in [1.807, 2.05) is 0 Å². The Hall–Kier alpha value is -0.760. The molecule has 0 spiro atoms. The van der Waals surface area contributed by atoms with Crippen LogP contribution in [0, 0.1) is 5.92 Å². The topological polar surface area (TPSA) is 93.1 Å². The van der Waals surface area contributed by atoms with Gasteiger partial charge in [-0.25, -0.2) is 8.42 Å². The zero-order chi connectivity index (χ0) is 18.2. The summed E-state index contributed by atoms with van der Waals surface area (Å²) in [5, 5.41) is 9.21. The van der Waals surface area contributed by atoms with Gasteiger partial charge in [0, 0.05) is 39.1 Å². The van der Waals surface area contributed by atoms with Gasteiger partial charge < -0.3 is 14.2 Å². The molecule has 7 nitrogen and oxygen atoms in total. The zero-order valence-corrected chi connectivity index (χ0v) is 16.0. The predicted molar refractivity (Wildman–Crippen MR) is 90.2 cm³/mol. The van der Waals surface area contributed by atoms with Crippen LogP contribution in [-0.2, 0) is 23.6 Å². The van der Waals surface area contributed by atoms with Crippen LogP contribution in [0.25, 0.3) is 0 Å². The molecule has 0 saturated carbocycles. The first-order valence-corrected chi connectivity index (χ1v) is 10.6. The average Bonchev–Trinajstić information content (AvgIpc) is 2.57. The summed E-state index contributed by atoms with van der Waals surface area (Å²) in [5.74, 6) is -0.627. The molecule has 0 amide bonds. The molecule has 1 aliphatic heterocycles. The van der Waals surface area contributed by atoms with Crippen molar-refractivity contribution in [2.24, 2.45) is 5.92 Å². The van der Waals surface area contributed by atoms with Crippen molar-refractivity contribution in [3.8, 4) is 0 Å². The van der Waals surface area contributed by atoms with E-state index in [0.717, 1.165) is 0 Å². The van der Waals surface area contributed by atoms with Crippen LogP contribution in [0.4, 0.5) is 0 Å². The number of sulfonamides is 1. The Morgan fingerprint density at radius 2 is 1.75 bits per heavy atom. The fourth-order valence-electron chi connectivity index (χ4n) is 3.17. The SMILES string of the molecule is COP(=O)(OC)[C@@]1(O)C[C@H](C)N(S(=O)(=O)c2ccccc2)C[C@H]1C. The summed E-state index contributed by atoms with van der Waals surface area (Å²) in [6, 6.07) is 7.56. The third-order valence-electron chi connectivity index (χ3n) is 4.64. The summed E-state index contributed by atoms with van der Waals surface area (Å²) in [5.41, 5.74) is 0. The normalized spacial score (nSPS) is 29.5. The summed E-state index contributed by atoms with van der Waals surface area (Å²) in [7, 11) is -5.05. The van der Waals surface area contributed by atoms with Gasteiger partial charge in [-0.2, -0.15) is 4.31 Å². The second-order valence-electron chi connectivity index (χ2n) is 6.08. The second kappa shape index (κ2) is 6.86. The van der Waals surface area contributed by atoms with E-state index in [-0.39, 0.29) is 17.9 Å². The Balaban J connectivity index is 2.37. The lowest BCUT2D eigenvalue weighted by Gasteiger charge is -2.47. The molecule has 1 aromatic rings. The van der Waals surface area contributed by atoms with Crippen molar-refractivity contribution in [1.29, 1.82) is 0 Å². The van der Waals surface area contributed by atoms with Crippen molar-refractivity contribution in [3.63, 3.8) is 0 Å². The first-order chi connectivity index (χ1) is 11.1. The molecule has 0 aliphatic carbocycles. The lowest BCUT2D eigenvalue weighted by molar-refractivity contribution is -0.0225. The van der Waals surface area contributed by atoms with E-state index in [9.17, 15) is 18.1 Å². The maximum Gasteiger partial charge on any atom is 0.361 e. The highest BCUT2D eigenvalue weighted by Gasteiger charge is 2.57. The highest BCUT2D eigenvalue weighted by atomic mass is 32.2. The molecular formula is C15H24NO6PS. The van der Waals surface area contributed by atoms with Crippen LogP contribution in [0.5, 0.6) is 0 Å². The summed E-state index contributed by atoms with van der Waals surface area (Å²) in [4.78, 5) is 0.191. The van der Waals surface area contributed by atoms with Gasteiger partial charge in [-0.05, 0) is 19.1 Å². The van der Waals surface area contributed by atoms with E-state index in [4.69, 9.17) is 9.05 Å². The van der Waals surface area contributed by atoms with Gasteiger partial charge in [0.25, 0.3) is 0 Å². The Labute approximate surface area is 143 Å². The summed E-state index contributed by atoms with van der Waals surface area (Å²) >= 11 is 0. The lowest BCUT2D eigenvalue weighted by Crippen LogP contribution is -2.56. The number of hydrogen-bond acceptors (Lipinski definition) is 6. The van der Waals surface area contributed by atoms with Crippen LogP contribution in [-0.4, -0.2) is 50.0 Å². The van der Waals surface area contributed by atoms with E-state index in [1.165, 1.54) is 30.7 Å². The molecule has 1 fully saturated rings. The maximum absolute atomic E-state index is 12.9. The van der Waals surface area contributed by atoms with Crippen LogP contribution >= 0.6 is 7.60 Å². The smallest absolute Gasteiger partial charge is 0.361 e. The minimum absolute atomic E-state index is 0.0194. The highest BCUT2D eigenvalue weighted by molar-refractivity contribution is 7.89. The molecule has 136 valence electrons. The number of aliphatic hydroxyl groups is 1. The summed E-state index contributed by atoms with van der Waals surface area (Å²) in [6.45, 7) is 3.34. The van der Waals surface area contributed by atoms with Crippen molar-refractivity contribution >= 4 is 17.6 Å². The molecule has 3 atom stereocenters. The molecule has 1 saturated heterocycles. The second-order valence-corrected chi connectivity index (χ2v) is 10.5. The third-order valence-corrected chi connectivity index (χ3v) is 9.16. The van der Waals surface area contributed by atoms with Gasteiger partial charge >= 0.3 is 7.60 Å². The molecule has 0 unspecified atom stereocenters. The van der Waals surface area contributed by atoms with Gasteiger partial charge in [0.05, 0.1) is 4.90 Å². The molecule has 1 aliphatic rings. The molecule has 1 heterocycles. The molecule has 2 rings (SSSR count). The molecule has 1 N–H and O–H groups in total. The standard InChI is InChI=1S/C15H24NO6PS/c1-12-11-16(24(19,20)14-8-6-5-7-9-14)13(2)10-15(12,17)23(18,21-3)22-4/h5-9,12-13,17H,10-11H2,1-4H3/t12-,13+,15+/m1/s1. The van der Waals surface area contributed by atoms with Crippen LogP contribution < -0.4 is 0 Å². The monoisotopic (exact) mass is 377 g/mol. The maximum atomic E-state index is 12.9. The van der Waals surface area contributed by atoms with E-state index in [2.05, 4.69) is 0 Å². The molecular weight excluding hydrogens is 353 g/mol. The molecule has 0 aromatic heterocycles. The Morgan fingerprint density at radius 1 is 1.21 bits per heavy atom.